The van der Waals surface area contributed by atoms with Crippen LogP contribution >= 0.6 is 0 Å². The summed E-state index contributed by atoms with van der Waals surface area (Å²) in [6.45, 7) is 2.15. The molecule has 2 heteroatoms. The molecule has 0 N–H and O–H groups in total. The Labute approximate surface area is 262 Å². The molecule has 212 valence electrons. The highest BCUT2D eigenvalue weighted by Crippen LogP contribution is 2.39. The Morgan fingerprint density at radius 1 is 0.356 bits per heavy atom. The first-order valence-electron chi connectivity index (χ1n) is 15.5. The summed E-state index contributed by atoms with van der Waals surface area (Å²) in [6, 6.07) is 59.7. The van der Waals surface area contributed by atoms with Gasteiger partial charge in [-0.2, -0.15) is 0 Å². The van der Waals surface area contributed by atoms with Crippen LogP contribution in [0.25, 0.3) is 77.2 Å². The minimum Gasteiger partial charge on any atom is -0.309 e. The molecule has 9 aromatic rings. The Hall–Kier alpha value is -5.86. The highest BCUT2D eigenvalue weighted by molar-refractivity contribution is 6.11. The standard InChI is InChI=1S/C43H30N2/c1-29-11-10-12-32(27-29)30-21-23-31(24-22-30)38-28-33(44-39-17-6-2-13-34(39)35-14-3-7-18-40(35)44)25-26-43(38)45-41-19-8-4-15-36(41)37-16-5-9-20-42(37)45/h2-28H,1H3. The largest absolute Gasteiger partial charge is 0.309 e. The molecule has 2 aromatic heterocycles. The molecule has 0 aliphatic heterocycles. The summed E-state index contributed by atoms with van der Waals surface area (Å²) >= 11 is 0. The van der Waals surface area contributed by atoms with Crippen molar-refractivity contribution in [1.82, 2.24) is 9.13 Å². The third kappa shape index (κ3) is 4.03. The van der Waals surface area contributed by atoms with Crippen molar-refractivity contribution in [2.75, 3.05) is 0 Å². The van der Waals surface area contributed by atoms with Crippen molar-refractivity contribution in [3.63, 3.8) is 0 Å². The maximum atomic E-state index is 2.43. The van der Waals surface area contributed by atoms with E-state index in [1.54, 1.807) is 0 Å². The SMILES string of the molecule is Cc1cccc(-c2ccc(-c3cc(-n4c5ccccc5c5ccccc54)ccc3-n3c4ccccc4c4ccccc43)cc2)c1. The minimum absolute atomic E-state index is 1.15. The van der Waals surface area contributed by atoms with E-state index in [4.69, 9.17) is 0 Å². The predicted octanol–water partition coefficient (Wildman–Crippen LogP) is 11.5. The number of benzene rings is 7. The second-order valence-electron chi connectivity index (χ2n) is 11.9. The summed E-state index contributed by atoms with van der Waals surface area (Å²) < 4.78 is 4.84. The van der Waals surface area contributed by atoms with Gasteiger partial charge in [0.05, 0.1) is 27.8 Å². The van der Waals surface area contributed by atoms with Gasteiger partial charge in [-0.15, -0.1) is 0 Å². The topological polar surface area (TPSA) is 9.86 Å². The molecule has 0 aliphatic rings. The molecule has 0 amide bonds. The minimum atomic E-state index is 1.15. The number of hydrogen-bond acceptors (Lipinski definition) is 0. The molecule has 0 unspecified atom stereocenters. The van der Waals surface area contributed by atoms with Crippen LogP contribution in [0.2, 0.25) is 0 Å². The zero-order valence-electron chi connectivity index (χ0n) is 25.0. The summed E-state index contributed by atoms with van der Waals surface area (Å²) in [4.78, 5) is 0. The molecule has 0 radical (unpaired) electrons. The van der Waals surface area contributed by atoms with E-state index in [0.29, 0.717) is 0 Å². The molecule has 0 saturated heterocycles. The van der Waals surface area contributed by atoms with Crippen LogP contribution in [0.1, 0.15) is 5.56 Å². The quantitative estimate of drug-likeness (QED) is 0.198. The van der Waals surface area contributed by atoms with Gasteiger partial charge in [0.15, 0.2) is 0 Å². The number of aryl methyl sites for hydroxylation is 1. The number of hydrogen-bond donors (Lipinski definition) is 0. The molecule has 0 spiro atoms. The fourth-order valence-corrected chi connectivity index (χ4v) is 7.14. The van der Waals surface area contributed by atoms with Gasteiger partial charge in [0.1, 0.15) is 0 Å². The van der Waals surface area contributed by atoms with E-state index in [9.17, 15) is 0 Å². The molecular weight excluding hydrogens is 544 g/mol. The predicted molar refractivity (Wildman–Crippen MR) is 191 cm³/mol. The zero-order chi connectivity index (χ0) is 29.9. The lowest BCUT2D eigenvalue weighted by Crippen LogP contribution is -2.00. The molecule has 0 aliphatic carbocycles. The van der Waals surface area contributed by atoms with Crippen molar-refractivity contribution < 1.29 is 0 Å². The van der Waals surface area contributed by atoms with Crippen LogP contribution in [-0.4, -0.2) is 9.13 Å². The number of nitrogens with zero attached hydrogens (tertiary/aromatic N) is 2. The van der Waals surface area contributed by atoms with E-state index < -0.39 is 0 Å². The van der Waals surface area contributed by atoms with Gasteiger partial charge in [-0.25, -0.2) is 0 Å². The highest BCUT2D eigenvalue weighted by atomic mass is 15.0. The first-order chi connectivity index (χ1) is 22.2. The van der Waals surface area contributed by atoms with Gasteiger partial charge in [0.25, 0.3) is 0 Å². The lowest BCUT2D eigenvalue weighted by atomic mass is 9.97. The first kappa shape index (κ1) is 25.6. The lowest BCUT2D eigenvalue weighted by molar-refractivity contribution is 1.15. The van der Waals surface area contributed by atoms with Gasteiger partial charge in [0, 0.05) is 32.8 Å². The van der Waals surface area contributed by atoms with Gasteiger partial charge in [0.2, 0.25) is 0 Å². The Morgan fingerprint density at radius 2 is 0.844 bits per heavy atom. The third-order valence-corrected chi connectivity index (χ3v) is 9.19. The van der Waals surface area contributed by atoms with Gasteiger partial charge >= 0.3 is 0 Å². The van der Waals surface area contributed by atoms with Crippen LogP contribution in [-0.2, 0) is 0 Å². The molecule has 0 atom stereocenters. The van der Waals surface area contributed by atoms with Crippen molar-refractivity contribution in [3.8, 4) is 33.6 Å². The van der Waals surface area contributed by atoms with Crippen LogP contribution in [0, 0.1) is 6.92 Å². The van der Waals surface area contributed by atoms with Gasteiger partial charge in [-0.1, -0.05) is 127 Å². The number of rotatable bonds is 4. The van der Waals surface area contributed by atoms with E-state index in [1.807, 2.05) is 0 Å². The Bertz CT molecular complexity index is 2440. The van der Waals surface area contributed by atoms with Crippen molar-refractivity contribution in [2.24, 2.45) is 0 Å². The molecule has 0 bridgehead atoms. The maximum Gasteiger partial charge on any atom is 0.0542 e. The van der Waals surface area contributed by atoms with Crippen LogP contribution in [0.15, 0.2) is 164 Å². The highest BCUT2D eigenvalue weighted by Gasteiger charge is 2.18. The number of aromatic nitrogens is 2. The number of fused-ring (bicyclic) bond motifs is 6. The fraction of sp³-hybridized carbons (Fsp3) is 0.0233. The van der Waals surface area contributed by atoms with E-state index in [1.165, 1.54) is 77.1 Å². The van der Waals surface area contributed by atoms with E-state index in [2.05, 4.69) is 180 Å². The van der Waals surface area contributed by atoms with Crippen LogP contribution in [0.3, 0.4) is 0 Å². The third-order valence-electron chi connectivity index (χ3n) is 9.19. The summed E-state index contributed by atoms with van der Waals surface area (Å²) in [6.07, 6.45) is 0. The normalized spacial score (nSPS) is 11.7. The Kier molecular flexibility index (Phi) is 5.76. The lowest BCUT2D eigenvalue weighted by Gasteiger charge is -2.17. The van der Waals surface area contributed by atoms with Crippen molar-refractivity contribution in [1.29, 1.82) is 0 Å². The van der Waals surface area contributed by atoms with E-state index in [-0.39, 0.29) is 0 Å². The summed E-state index contributed by atoms with van der Waals surface area (Å²) in [5.74, 6) is 0. The van der Waals surface area contributed by atoms with Crippen molar-refractivity contribution >= 4 is 43.6 Å². The molecule has 0 saturated carbocycles. The molecule has 2 heterocycles. The average Bonchev–Trinajstić information content (AvgIpc) is 3.61. The molecular formula is C43H30N2. The number of para-hydroxylation sites is 4. The van der Waals surface area contributed by atoms with Gasteiger partial charge < -0.3 is 9.13 Å². The molecule has 0 fully saturated rings. The molecule has 7 aromatic carbocycles. The van der Waals surface area contributed by atoms with Gasteiger partial charge in [-0.05, 0) is 66.1 Å². The Morgan fingerprint density at radius 3 is 1.38 bits per heavy atom. The fourth-order valence-electron chi connectivity index (χ4n) is 7.14. The smallest absolute Gasteiger partial charge is 0.0542 e. The second kappa shape index (κ2) is 10.1. The summed E-state index contributed by atoms with van der Waals surface area (Å²) in [7, 11) is 0. The molecule has 45 heavy (non-hydrogen) atoms. The first-order valence-corrected chi connectivity index (χ1v) is 15.5. The second-order valence-corrected chi connectivity index (χ2v) is 11.9. The van der Waals surface area contributed by atoms with Crippen LogP contribution in [0.5, 0.6) is 0 Å². The van der Waals surface area contributed by atoms with Crippen molar-refractivity contribution in [3.05, 3.63) is 169 Å². The van der Waals surface area contributed by atoms with E-state index in [0.717, 1.165) is 5.69 Å². The van der Waals surface area contributed by atoms with Crippen LogP contribution < -0.4 is 0 Å². The van der Waals surface area contributed by atoms with E-state index >= 15 is 0 Å². The average molecular weight is 575 g/mol. The molecule has 2 nitrogen and oxygen atoms in total. The van der Waals surface area contributed by atoms with Gasteiger partial charge in [-0.3, -0.25) is 0 Å². The Balaban J connectivity index is 1.33. The summed E-state index contributed by atoms with van der Waals surface area (Å²) in [5, 5.41) is 5.06. The summed E-state index contributed by atoms with van der Waals surface area (Å²) in [5.41, 5.74) is 13.3. The van der Waals surface area contributed by atoms with Crippen LogP contribution in [0.4, 0.5) is 0 Å². The maximum absolute atomic E-state index is 2.43. The monoisotopic (exact) mass is 574 g/mol. The molecule has 9 rings (SSSR count). The zero-order valence-corrected chi connectivity index (χ0v) is 25.0. The van der Waals surface area contributed by atoms with Crippen molar-refractivity contribution in [2.45, 2.75) is 6.92 Å².